The van der Waals surface area contributed by atoms with Crippen molar-refractivity contribution >= 4 is 23.4 Å². The van der Waals surface area contributed by atoms with E-state index in [4.69, 9.17) is 9.84 Å². The molecule has 0 unspecified atom stereocenters. The van der Waals surface area contributed by atoms with E-state index in [0.717, 1.165) is 64.1 Å². The largest absolute Gasteiger partial charge is 0.477 e. The van der Waals surface area contributed by atoms with Gasteiger partial charge in [0.1, 0.15) is 23.8 Å². The normalized spacial score (nSPS) is 17.9. The topological polar surface area (TPSA) is 94.9 Å². The summed E-state index contributed by atoms with van der Waals surface area (Å²) in [5.74, 6) is 1.54. The fourth-order valence-electron chi connectivity index (χ4n) is 3.36. The maximum absolute atomic E-state index is 11.1. The van der Waals surface area contributed by atoms with Gasteiger partial charge in [0.05, 0.1) is 13.2 Å². The lowest BCUT2D eigenvalue weighted by Gasteiger charge is -2.36. The fourth-order valence-corrected chi connectivity index (χ4v) is 3.36. The lowest BCUT2D eigenvalue weighted by atomic mass is 10.2. The molecule has 0 amide bonds. The molecule has 0 bridgehead atoms. The smallest absolute Gasteiger partial charge is 0.354 e. The average molecular weight is 370 g/mol. The van der Waals surface area contributed by atoms with Gasteiger partial charge in [-0.1, -0.05) is 6.07 Å². The molecule has 0 spiro atoms. The number of hydrogen-bond donors (Lipinski definition) is 1. The van der Waals surface area contributed by atoms with E-state index < -0.39 is 5.97 Å². The molecule has 142 valence electrons. The van der Waals surface area contributed by atoms with Gasteiger partial charge in [-0.3, -0.25) is 0 Å². The van der Waals surface area contributed by atoms with Gasteiger partial charge >= 0.3 is 5.97 Å². The predicted octanol–water partition coefficient (Wildman–Crippen LogP) is 0.733. The zero-order valence-corrected chi connectivity index (χ0v) is 15.0. The SMILES string of the molecule is O=C(O)c1cccc(N2CCN(c3cc(N4CCOCC4)ncn3)CC2)n1. The minimum atomic E-state index is -1.01. The van der Waals surface area contributed by atoms with E-state index in [-0.39, 0.29) is 5.69 Å². The van der Waals surface area contributed by atoms with Gasteiger partial charge in [-0.05, 0) is 12.1 Å². The van der Waals surface area contributed by atoms with Gasteiger partial charge in [0.15, 0.2) is 5.69 Å². The first kappa shape index (κ1) is 17.5. The zero-order chi connectivity index (χ0) is 18.6. The number of carboxylic acid groups (broad SMARTS) is 1. The van der Waals surface area contributed by atoms with Crippen LogP contribution in [-0.4, -0.2) is 78.5 Å². The molecule has 9 nitrogen and oxygen atoms in total. The molecule has 4 heterocycles. The van der Waals surface area contributed by atoms with Crippen molar-refractivity contribution in [3.63, 3.8) is 0 Å². The molecule has 2 aliphatic rings. The molecule has 2 aliphatic heterocycles. The highest BCUT2D eigenvalue weighted by Gasteiger charge is 2.21. The third kappa shape index (κ3) is 3.92. The standard InChI is InChI=1S/C18H22N6O3/c25-18(26)14-2-1-3-15(21-14)22-4-6-23(7-5-22)16-12-17(20-13-19-16)24-8-10-27-11-9-24/h1-3,12-13H,4-11H2,(H,25,26). The zero-order valence-electron chi connectivity index (χ0n) is 15.0. The number of nitrogens with zero attached hydrogens (tertiary/aromatic N) is 6. The number of anilines is 3. The molecular formula is C18H22N6O3. The first-order valence-corrected chi connectivity index (χ1v) is 9.06. The third-order valence-electron chi connectivity index (χ3n) is 4.85. The third-order valence-corrected chi connectivity index (χ3v) is 4.85. The van der Waals surface area contributed by atoms with Gasteiger partial charge in [-0.25, -0.2) is 19.7 Å². The Bertz CT molecular complexity index is 803. The van der Waals surface area contributed by atoms with E-state index in [9.17, 15) is 4.79 Å². The second kappa shape index (κ2) is 7.75. The molecule has 2 fully saturated rings. The average Bonchev–Trinajstić information content (AvgIpc) is 2.75. The van der Waals surface area contributed by atoms with Crippen molar-refractivity contribution < 1.29 is 14.6 Å². The summed E-state index contributed by atoms with van der Waals surface area (Å²) in [5, 5.41) is 9.12. The minimum absolute atomic E-state index is 0.0703. The van der Waals surface area contributed by atoms with Gasteiger partial charge in [-0.2, -0.15) is 0 Å². The Kier molecular flexibility index (Phi) is 5.01. The van der Waals surface area contributed by atoms with E-state index >= 15 is 0 Å². The summed E-state index contributed by atoms with van der Waals surface area (Å²) in [6.07, 6.45) is 1.62. The molecule has 0 saturated carbocycles. The Morgan fingerprint density at radius 2 is 1.48 bits per heavy atom. The first-order chi connectivity index (χ1) is 13.2. The van der Waals surface area contributed by atoms with Crippen molar-refractivity contribution in [2.45, 2.75) is 0 Å². The van der Waals surface area contributed by atoms with Crippen LogP contribution in [0.5, 0.6) is 0 Å². The van der Waals surface area contributed by atoms with Crippen molar-refractivity contribution in [2.24, 2.45) is 0 Å². The Morgan fingerprint density at radius 3 is 2.11 bits per heavy atom. The van der Waals surface area contributed by atoms with E-state index in [1.807, 2.05) is 12.1 Å². The van der Waals surface area contributed by atoms with Crippen LogP contribution in [0.25, 0.3) is 0 Å². The quantitative estimate of drug-likeness (QED) is 0.836. The molecule has 0 radical (unpaired) electrons. The number of carbonyl (C=O) groups is 1. The second-order valence-electron chi connectivity index (χ2n) is 6.49. The fraction of sp³-hybridized carbons (Fsp3) is 0.444. The highest BCUT2D eigenvalue weighted by atomic mass is 16.5. The lowest BCUT2D eigenvalue weighted by Crippen LogP contribution is -2.47. The maximum Gasteiger partial charge on any atom is 0.354 e. The Hall–Kier alpha value is -2.94. The number of aromatic nitrogens is 3. The van der Waals surface area contributed by atoms with E-state index in [1.165, 1.54) is 6.07 Å². The number of piperazine rings is 1. The Labute approximate surface area is 157 Å². The highest BCUT2D eigenvalue weighted by Crippen LogP contribution is 2.21. The van der Waals surface area contributed by atoms with Gasteiger partial charge in [-0.15, -0.1) is 0 Å². The van der Waals surface area contributed by atoms with Crippen LogP contribution in [0.15, 0.2) is 30.6 Å². The van der Waals surface area contributed by atoms with E-state index in [2.05, 4.69) is 29.7 Å². The van der Waals surface area contributed by atoms with Crippen LogP contribution in [0.2, 0.25) is 0 Å². The predicted molar refractivity (Wildman–Crippen MR) is 101 cm³/mol. The van der Waals surface area contributed by atoms with Gasteiger partial charge < -0.3 is 24.5 Å². The summed E-state index contributed by atoms with van der Waals surface area (Å²) >= 11 is 0. The van der Waals surface area contributed by atoms with Gasteiger partial charge in [0, 0.05) is 45.3 Å². The number of ether oxygens (including phenoxy) is 1. The molecule has 0 atom stereocenters. The maximum atomic E-state index is 11.1. The number of aromatic carboxylic acids is 1. The summed E-state index contributed by atoms with van der Waals surface area (Å²) in [6, 6.07) is 7.13. The number of carboxylic acids is 1. The summed E-state index contributed by atoms with van der Waals surface area (Å²) < 4.78 is 5.40. The molecule has 0 aromatic carbocycles. The summed E-state index contributed by atoms with van der Waals surface area (Å²) in [7, 11) is 0. The van der Waals surface area contributed by atoms with Crippen molar-refractivity contribution in [1.82, 2.24) is 15.0 Å². The number of pyridine rings is 1. The van der Waals surface area contributed by atoms with Crippen molar-refractivity contribution in [1.29, 1.82) is 0 Å². The highest BCUT2D eigenvalue weighted by molar-refractivity contribution is 5.85. The molecule has 27 heavy (non-hydrogen) atoms. The van der Waals surface area contributed by atoms with Crippen LogP contribution in [0.3, 0.4) is 0 Å². The van der Waals surface area contributed by atoms with Crippen LogP contribution in [-0.2, 0) is 4.74 Å². The molecule has 2 aromatic heterocycles. The molecule has 1 N–H and O–H groups in total. The molecule has 9 heteroatoms. The van der Waals surface area contributed by atoms with Crippen LogP contribution in [0, 0.1) is 0 Å². The van der Waals surface area contributed by atoms with Crippen molar-refractivity contribution in [3.8, 4) is 0 Å². The van der Waals surface area contributed by atoms with Gasteiger partial charge in [0.25, 0.3) is 0 Å². The summed E-state index contributed by atoms with van der Waals surface area (Å²) in [6.45, 7) is 6.23. The summed E-state index contributed by atoms with van der Waals surface area (Å²) in [4.78, 5) is 30.7. The van der Waals surface area contributed by atoms with Crippen molar-refractivity contribution in [3.05, 3.63) is 36.3 Å². The molecule has 2 saturated heterocycles. The van der Waals surface area contributed by atoms with E-state index in [0.29, 0.717) is 5.82 Å². The van der Waals surface area contributed by atoms with Gasteiger partial charge in [0.2, 0.25) is 0 Å². The second-order valence-corrected chi connectivity index (χ2v) is 6.49. The first-order valence-electron chi connectivity index (χ1n) is 9.06. The molecule has 0 aliphatic carbocycles. The monoisotopic (exact) mass is 370 g/mol. The van der Waals surface area contributed by atoms with Crippen molar-refractivity contribution in [2.75, 3.05) is 67.2 Å². The van der Waals surface area contributed by atoms with E-state index in [1.54, 1.807) is 12.4 Å². The molecule has 4 rings (SSSR count). The number of hydrogen-bond acceptors (Lipinski definition) is 8. The van der Waals surface area contributed by atoms with Crippen LogP contribution >= 0.6 is 0 Å². The number of morpholine rings is 1. The minimum Gasteiger partial charge on any atom is -0.477 e. The summed E-state index contributed by atoms with van der Waals surface area (Å²) in [5.41, 5.74) is 0.0703. The molecular weight excluding hydrogens is 348 g/mol. The Morgan fingerprint density at radius 1 is 0.889 bits per heavy atom. The van der Waals surface area contributed by atoms with Crippen LogP contribution < -0.4 is 14.7 Å². The Balaban J connectivity index is 1.42. The lowest BCUT2D eigenvalue weighted by molar-refractivity contribution is 0.0690. The van der Waals surface area contributed by atoms with Crippen LogP contribution in [0.4, 0.5) is 17.5 Å². The molecule has 2 aromatic rings. The number of rotatable bonds is 4. The van der Waals surface area contributed by atoms with Crippen LogP contribution in [0.1, 0.15) is 10.5 Å².